The van der Waals surface area contributed by atoms with Crippen LogP contribution in [0.4, 0.5) is 0 Å². The van der Waals surface area contributed by atoms with Gasteiger partial charge >= 0.3 is 6.80 Å². The molecule has 0 aromatic heterocycles. The van der Waals surface area contributed by atoms with Gasteiger partial charge in [0.2, 0.25) is 0 Å². The van der Waals surface area contributed by atoms with Gasteiger partial charge in [-0.05, 0) is 19.5 Å². The Balaban J connectivity index is -0.000000605. The van der Waals surface area contributed by atoms with Crippen LogP contribution in [0.15, 0.2) is 0 Å². The quantitative estimate of drug-likeness (QED) is 0.242. The monoisotopic (exact) mass is 250 g/mol. The molecule has 0 fully saturated rings. The van der Waals surface area contributed by atoms with Gasteiger partial charge in [0.25, 0.3) is 0 Å². The van der Waals surface area contributed by atoms with Crippen molar-refractivity contribution in [2.75, 3.05) is 26.2 Å². The van der Waals surface area contributed by atoms with Crippen molar-refractivity contribution < 1.29 is 24.9 Å². The molecule has 0 saturated heterocycles. The van der Waals surface area contributed by atoms with Gasteiger partial charge in [0.1, 0.15) is 0 Å². The summed E-state index contributed by atoms with van der Waals surface area (Å²) in [5.74, 6) is 0. The molecule has 14 heavy (non-hydrogen) atoms. The molecule has 0 aromatic rings. The van der Waals surface area contributed by atoms with E-state index in [0.29, 0.717) is 13.1 Å². The van der Waals surface area contributed by atoms with Gasteiger partial charge in [-0.2, -0.15) is 0 Å². The van der Waals surface area contributed by atoms with Crippen molar-refractivity contribution in [1.29, 1.82) is 0 Å². The lowest BCUT2D eigenvalue weighted by Crippen LogP contribution is -2.22. The van der Waals surface area contributed by atoms with Crippen molar-refractivity contribution in [2.24, 2.45) is 5.73 Å². The Bertz CT molecular complexity index is 155. The molecule has 0 bridgehead atoms. The van der Waals surface area contributed by atoms with Crippen LogP contribution in [0.3, 0.4) is 0 Å². The zero-order chi connectivity index (χ0) is 9.45. The molecular formula is C5H19N2O5PS. The van der Waals surface area contributed by atoms with Crippen molar-refractivity contribution in [1.82, 2.24) is 5.32 Å². The topological polar surface area (TPSA) is 148 Å². The maximum atomic E-state index is 10.5. The first-order chi connectivity index (χ1) is 5.56. The van der Waals surface area contributed by atoms with Crippen LogP contribution in [0.5, 0.6) is 0 Å². The van der Waals surface area contributed by atoms with E-state index in [-0.39, 0.29) is 17.6 Å². The summed E-state index contributed by atoms with van der Waals surface area (Å²) >= 11 is 3.34. The molecular weight excluding hydrogens is 231 g/mol. The Morgan fingerprint density at radius 1 is 1.43 bits per heavy atom. The molecule has 8 N–H and O–H groups in total. The number of hydrogen-bond acceptors (Lipinski definition) is 4. The molecule has 0 heterocycles. The fourth-order valence-corrected chi connectivity index (χ4v) is 1.16. The SMILES string of the molecule is NCCCNCCOP(=O)(O)S.O.O. The molecule has 9 heteroatoms. The molecule has 1 unspecified atom stereocenters. The van der Waals surface area contributed by atoms with Crippen LogP contribution in [0.25, 0.3) is 0 Å². The Kier molecular flexibility index (Phi) is 16.2. The number of hydrogen-bond donors (Lipinski definition) is 4. The van der Waals surface area contributed by atoms with E-state index in [9.17, 15) is 4.57 Å². The van der Waals surface area contributed by atoms with E-state index in [1.165, 1.54) is 0 Å². The van der Waals surface area contributed by atoms with Gasteiger partial charge in [-0.25, -0.2) is 4.57 Å². The number of rotatable bonds is 7. The molecule has 0 rings (SSSR count). The molecule has 0 aliphatic heterocycles. The highest BCUT2D eigenvalue weighted by molar-refractivity contribution is 8.44. The molecule has 0 aliphatic carbocycles. The van der Waals surface area contributed by atoms with Gasteiger partial charge in [-0.1, -0.05) is 12.2 Å². The maximum Gasteiger partial charge on any atom is 0.383 e. The highest BCUT2D eigenvalue weighted by atomic mass is 32.7. The van der Waals surface area contributed by atoms with E-state index in [0.717, 1.165) is 13.0 Å². The van der Waals surface area contributed by atoms with E-state index < -0.39 is 6.80 Å². The first-order valence-corrected chi connectivity index (χ1v) is 6.40. The molecule has 0 aromatic carbocycles. The molecule has 7 nitrogen and oxygen atoms in total. The van der Waals surface area contributed by atoms with Crippen LogP contribution in [-0.2, 0) is 9.09 Å². The second-order valence-electron chi connectivity index (χ2n) is 2.22. The lowest BCUT2D eigenvalue weighted by atomic mass is 10.4. The summed E-state index contributed by atoms with van der Waals surface area (Å²) in [7, 11) is 0. The minimum absolute atomic E-state index is 0. The van der Waals surface area contributed by atoms with Gasteiger partial charge < -0.3 is 26.9 Å². The largest absolute Gasteiger partial charge is 0.412 e. The van der Waals surface area contributed by atoms with Crippen molar-refractivity contribution in [2.45, 2.75) is 6.42 Å². The number of nitrogens with one attached hydrogen (secondary N) is 1. The number of thiol groups is 1. The lowest BCUT2D eigenvalue weighted by molar-refractivity contribution is 0.275. The normalized spacial score (nSPS) is 13.6. The summed E-state index contributed by atoms with van der Waals surface area (Å²) < 4.78 is 14.9. The molecule has 90 valence electrons. The minimum Gasteiger partial charge on any atom is -0.412 e. The Labute approximate surface area is 88.3 Å². The average Bonchev–Trinajstić information content (AvgIpc) is 1.94. The predicted octanol–water partition coefficient (Wildman–Crippen LogP) is -1.68. The van der Waals surface area contributed by atoms with E-state index in [4.69, 9.17) is 10.6 Å². The second-order valence-corrected chi connectivity index (χ2v) is 4.97. The highest BCUT2D eigenvalue weighted by Gasteiger charge is 2.09. The fourth-order valence-electron chi connectivity index (χ4n) is 0.589. The van der Waals surface area contributed by atoms with Gasteiger partial charge in [0, 0.05) is 6.54 Å². The number of nitrogens with two attached hydrogens (primary N) is 1. The molecule has 1 atom stereocenters. The molecule has 0 radical (unpaired) electrons. The minimum atomic E-state index is -3.59. The molecule has 0 amide bonds. The summed E-state index contributed by atoms with van der Waals surface area (Å²) in [6.07, 6.45) is 0.887. The van der Waals surface area contributed by atoms with E-state index in [1.54, 1.807) is 0 Å². The van der Waals surface area contributed by atoms with Crippen molar-refractivity contribution >= 4 is 19.0 Å². The third-order valence-corrected chi connectivity index (χ3v) is 1.96. The molecule has 0 aliphatic rings. The van der Waals surface area contributed by atoms with E-state index in [2.05, 4.69) is 22.1 Å². The summed E-state index contributed by atoms with van der Waals surface area (Å²) in [6, 6.07) is 0. The Morgan fingerprint density at radius 2 is 2.00 bits per heavy atom. The first-order valence-electron chi connectivity index (χ1n) is 3.67. The fraction of sp³-hybridized carbons (Fsp3) is 1.00. The average molecular weight is 250 g/mol. The zero-order valence-corrected chi connectivity index (χ0v) is 9.56. The second kappa shape index (κ2) is 11.4. The molecule has 0 spiro atoms. The van der Waals surface area contributed by atoms with Crippen LogP contribution < -0.4 is 11.1 Å². The smallest absolute Gasteiger partial charge is 0.383 e. The van der Waals surface area contributed by atoms with Gasteiger partial charge in [0.15, 0.2) is 0 Å². The summed E-state index contributed by atoms with van der Waals surface area (Å²) in [4.78, 5) is 8.57. The van der Waals surface area contributed by atoms with Crippen LogP contribution in [0.2, 0.25) is 0 Å². The maximum absolute atomic E-state index is 10.5. The summed E-state index contributed by atoms with van der Waals surface area (Å²) in [5.41, 5.74) is 5.24. The Hall–Kier alpha value is 0.340. The third kappa shape index (κ3) is 18.2. The predicted molar refractivity (Wildman–Crippen MR) is 58.5 cm³/mol. The Morgan fingerprint density at radius 3 is 2.43 bits per heavy atom. The van der Waals surface area contributed by atoms with Crippen molar-refractivity contribution in [3.05, 3.63) is 0 Å². The van der Waals surface area contributed by atoms with Crippen molar-refractivity contribution in [3.8, 4) is 0 Å². The summed E-state index contributed by atoms with van der Waals surface area (Å²) in [5, 5.41) is 2.99. The third-order valence-electron chi connectivity index (χ3n) is 1.10. The summed E-state index contributed by atoms with van der Waals surface area (Å²) in [6.45, 7) is -1.44. The zero-order valence-electron chi connectivity index (χ0n) is 7.77. The van der Waals surface area contributed by atoms with Crippen LogP contribution in [0.1, 0.15) is 6.42 Å². The van der Waals surface area contributed by atoms with Crippen molar-refractivity contribution in [3.63, 3.8) is 0 Å². The first kappa shape index (κ1) is 19.8. The highest BCUT2D eigenvalue weighted by Crippen LogP contribution is 2.46. The van der Waals surface area contributed by atoms with Gasteiger partial charge in [0.05, 0.1) is 6.61 Å². The van der Waals surface area contributed by atoms with E-state index in [1.807, 2.05) is 0 Å². The van der Waals surface area contributed by atoms with E-state index >= 15 is 0 Å². The molecule has 0 saturated carbocycles. The van der Waals surface area contributed by atoms with Crippen LogP contribution in [0, 0.1) is 0 Å². The standard InChI is InChI=1S/C5H15N2O3PS.2H2O/c6-2-1-3-7-4-5-10-11(8,9)12;;/h7H,1-6H2,(H2,8,9,12);2*1H2. The van der Waals surface area contributed by atoms with Gasteiger partial charge in [-0.3, -0.25) is 4.52 Å². The van der Waals surface area contributed by atoms with Gasteiger partial charge in [-0.15, -0.1) is 0 Å². The lowest BCUT2D eigenvalue weighted by Gasteiger charge is -2.06. The van der Waals surface area contributed by atoms with Crippen LogP contribution >= 0.6 is 19.0 Å². The van der Waals surface area contributed by atoms with Crippen LogP contribution in [-0.4, -0.2) is 42.1 Å².